The van der Waals surface area contributed by atoms with Crippen LogP contribution >= 0.6 is 0 Å². The van der Waals surface area contributed by atoms with Gasteiger partial charge in [-0.1, -0.05) is 143 Å². The summed E-state index contributed by atoms with van der Waals surface area (Å²) in [6.45, 7) is 8.00. The van der Waals surface area contributed by atoms with Gasteiger partial charge in [-0.25, -0.2) is 0 Å². The van der Waals surface area contributed by atoms with Crippen LogP contribution in [0.5, 0.6) is 0 Å². The monoisotopic (exact) mass is 928 g/mol. The van der Waals surface area contributed by atoms with Crippen molar-refractivity contribution in [3.05, 3.63) is 243 Å². The third-order valence-electron chi connectivity index (χ3n) is 13.2. The van der Waals surface area contributed by atoms with Gasteiger partial charge >= 0.3 is 0 Å². The molecule has 7 aromatic carbocycles. The molecule has 13 aromatic rings. The average molecular weight is 929 g/mol. The maximum Gasteiger partial charge on any atom is 0.0963 e. The third kappa shape index (κ3) is 8.09. The standard InChI is InChI=1S/C62H40N6.2C2H6/c1-4-20-49(55-23-7-10-33-63-55)46(17-1)41-27-30-58-52(37-41)53-38-42(47-18-2-5-21-50(47)56-24-8-11-34-64-56)28-31-59(53)67(58)44-15-13-16-45(40-44)68-60-32-29-43(39-54(60)62-61(68)26-14-36-66-62)48-19-3-6-22-51(48)57-25-9-12-35-65-57;2*1-2/h1-40H;2*1-2H3. The van der Waals surface area contributed by atoms with Crippen molar-refractivity contribution in [2.75, 3.05) is 0 Å². The summed E-state index contributed by atoms with van der Waals surface area (Å²) in [6.07, 6.45) is 7.46. The second-order valence-electron chi connectivity index (χ2n) is 17.0. The smallest absolute Gasteiger partial charge is 0.0963 e. The Kier molecular flexibility index (Phi) is 12.6. The van der Waals surface area contributed by atoms with E-state index in [0.29, 0.717) is 0 Å². The van der Waals surface area contributed by atoms with Gasteiger partial charge in [0.2, 0.25) is 0 Å². The molecule has 6 heteroatoms. The molecule has 6 nitrogen and oxygen atoms in total. The fourth-order valence-electron chi connectivity index (χ4n) is 10.1. The summed E-state index contributed by atoms with van der Waals surface area (Å²) in [4.78, 5) is 19.2. The number of nitrogens with zero attached hydrogens (tertiary/aromatic N) is 6. The highest BCUT2D eigenvalue weighted by atomic mass is 15.0. The van der Waals surface area contributed by atoms with Gasteiger partial charge in [0, 0.05) is 69.0 Å². The summed E-state index contributed by atoms with van der Waals surface area (Å²) in [7, 11) is 0. The summed E-state index contributed by atoms with van der Waals surface area (Å²) in [5.41, 5.74) is 20.3. The van der Waals surface area contributed by atoms with Gasteiger partial charge in [0.15, 0.2) is 0 Å². The van der Waals surface area contributed by atoms with Crippen LogP contribution in [0, 0.1) is 0 Å². The Balaban J connectivity index is 0.00000137. The van der Waals surface area contributed by atoms with Crippen molar-refractivity contribution in [3.8, 4) is 78.5 Å². The van der Waals surface area contributed by atoms with Crippen molar-refractivity contribution in [2.24, 2.45) is 0 Å². The zero-order valence-electron chi connectivity index (χ0n) is 40.8. The van der Waals surface area contributed by atoms with E-state index in [1.54, 1.807) is 0 Å². The van der Waals surface area contributed by atoms with Crippen molar-refractivity contribution in [1.29, 1.82) is 0 Å². The average Bonchev–Trinajstić information content (AvgIpc) is 3.99. The van der Waals surface area contributed by atoms with Crippen LogP contribution in [0.25, 0.3) is 122 Å². The van der Waals surface area contributed by atoms with Crippen LogP contribution in [0.4, 0.5) is 0 Å². The van der Waals surface area contributed by atoms with E-state index >= 15 is 0 Å². The minimum absolute atomic E-state index is 0.946. The van der Waals surface area contributed by atoms with E-state index < -0.39 is 0 Å². The van der Waals surface area contributed by atoms with Gasteiger partial charge in [0.1, 0.15) is 0 Å². The number of hydrogen-bond donors (Lipinski definition) is 0. The van der Waals surface area contributed by atoms with Gasteiger partial charge in [-0.05, 0) is 137 Å². The molecule has 6 heterocycles. The minimum atomic E-state index is 0.946. The first-order chi connectivity index (χ1) is 35.7. The van der Waals surface area contributed by atoms with E-state index in [1.807, 2.05) is 94.9 Å². The molecule has 0 fully saturated rings. The Morgan fingerprint density at radius 3 is 1.04 bits per heavy atom. The second kappa shape index (κ2) is 20.0. The van der Waals surface area contributed by atoms with Crippen molar-refractivity contribution in [3.63, 3.8) is 0 Å². The Morgan fingerprint density at radius 2 is 0.625 bits per heavy atom. The fourth-order valence-corrected chi connectivity index (χ4v) is 10.1. The fraction of sp³-hybridized carbons (Fsp3) is 0.0606. The summed E-state index contributed by atoms with van der Waals surface area (Å²) >= 11 is 0. The normalized spacial score (nSPS) is 11.1. The van der Waals surface area contributed by atoms with Gasteiger partial charge < -0.3 is 9.13 Å². The first-order valence-corrected chi connectivity index (χ1v) is 24.9. The van der Waals surface area contributed by atoms with E-state index in [4.69, 9.17) is 19.9 Å². The molecule has 6 aromatic heterocycles. The van der Waals surface area contributed by atoms with Crippen LogP contribution < -0.4 is 0 Å². The van der Waals surface area contributed by atoms with Crippen molar-refractivity contribution >= 4 is 43.7 Å². The maximum atomic E-state index is 5.00. The summed E-state index contributed by atoms with van der Waals surface area (Å²) in [5.74, 6) is 0. The maximum absolute atomic E-state index is 5.00. The summed E-state index contributed by atoms with van der Waals surface area (Å²) in [5, 5.41) is 3.42. The highest BCUT2D eigenvalue weighted by Crippen LogP contribution is 2.42. The number of hydrogen-bond acceptors (Lipinski definition) is 4. The molecular weight excluding hydrogens is 877 g/mol. The van der Waals surface area contributed by atoms with Crippen LogP contribution in [0.15, 0.2) is 243 Å². The van der Waals surface area contributed by atoms with Crippen LogP contribution in [0.1, 0.15) is 27.7 Å². The summed E-state index contributed by atoms with van der Waals surface area (Å²) < 4.78 is 4.76. The molecule has 0 saturated carbocycles. The Morgan fingerprint density at radius 1 is 0.264 bits per heavy atom. The first kappa shape index (κ1) is 45.2. The second-order valence-corrected chi connectivity index (χ2v) is 17.0. The number of aromatic nitrogens is 6. The van der Waals surface area contributed by atoms with Crippen LogP contribution in [0.2, 0.25) is 0 Å². The topological polar surface area (TPSA) is 61.4 Å². The van der Waals surface area contributed by atoms with Gasteiger partial charge in [-0.3, -0.25) is 19.9 Å². The summed E-state index contributed by atoms with van der Waals surface area (Å²) in [6, 6.07) is 77.5. The van der Waals surface area contributed by atoms with Crippen molar-refractivity contribution in [2.45, 2.75) is 27.7 Å². The van der Waals surface area contributed by atoms with Crippen LogP contribution in [-0.2, 0) is 0 Å². The predicted molar refractivity (Wildman–Crippen MR) is 302 cm³/mol. The molecule has 0 aliphatic heterocycles. The SMILES string of the molecule is CC.CC.c1ccc(-c2ccccc2-c2ccc3c(c2)c2cc(-c4ccccc4-c4ccccn4)ccc2n3-c2cccc(-n3c4ccc(-c5ccccc5-c5ccccn5)cc4c4ncccc43)c2)nc1. The quantitative estimate of drug-likeness (QED) is 0.152. The van der Waals surface area contributed by atoms with Gasteiger partial charge in [-0.2, -0.15) is 0 Å². The first-order valence-electron chi connectivity index (χ1n) is 24.9. The van der Waals surface area contributed by atoms with E-state index in [2.05, 4.69) is 185 Å². The lowest BCUT2D eigenvalue weighted by atomic mass is 9.94. The molecule has 0 radical (unpaired) electrons. The van der Waals surface area contributed by atoms with E-state index in [1.165, 1.54) is 0 Å². The molecule has 0 aliphatic carbocycles. The molecule has 0 N–H and O–H groups in total. The highest BCUT2D eigenvalue weighted by Gasteiger charge is 2.20. The lowest BCUT2D eigenvalue weighted by Gasteiger charge is -2.14. The van der Waals surface area contributed by atoms with E-state index in [9.17, 15) is 0 Å². The van der Waals surface area contributed by atoms with Crippen LogP contribution in [-0.4, -0.2) is 29.1 Å². The number of pyridine rings is 4. The lowest BCUT2D eigenvalue weighted by molar-refractivity contribution is 1.13. The predicted octanol–water partition coefficient (Wildman–Crippen LogP) is 17.5. The molecule has 0 atom stereocenters. The molecule has 0 bridgehead atoms. The zero-order valence-corrected chi connectivity index (χ0v) is 40.8. The molecule has 72 heavy (non-hydrogen) atoms. The zero-order chi connectivity index (χ0) is 49.0. The van der Waals surface area contributed by atoms with Gasteiger partial charge in [0.05, 0.1) is 44.7 Å². The largest absolute Gasteiger partial charge is 0.309 e. The Labute approximate surface area is 420 Å². The van der Waals surface area contributed by atoms with Crippen molar-refractivity contribution in [1.82, 2.24) is 29.1 Å². The lowest BCUT2D eigenvalue weighted by Crippen LogP contribution is -1.98. The van der Waals surface area contributed by atoms with E-state index in [0.717, 1.165) is 122 Å². The Hall–Kier alpha value is -9.26. The van der Waals surface area contributed by atoms with Crippen molar-refractivity contribution < 1.29 is 0 Å². The highest BCUT2D eigenvalue weighted by molar-refractivity contribution is 6.13. The molecule has 0 unspecified atom stereocenters. The van der Waals surface area contributed by atoms with E-state index in [-0.39, 0.29) is 0 Å². The molecule has 0 aliphatic rings. The Bertz CT molecular complexity index is 3880. The van der Waals surface area contributed by atoms with Gasteiger partial charge in [0.25, 0.3) is 0 Å². The molecule has 0 amide bonds. The molecule has 346 valence electrons. The molecule has 0 saturated heterocycles. The molecular formula is C66H52N6. The molecule has 13 rings (SSSR count). The number of benzene rings is 7. The van der Waals surface area contributed by atoms with Crippen LogP contribution in [0.3, 0.4) is 0 Å². The molecule has 0 spiro atoms. The minimum Gasteiger partial charge on any atom is -0.309 e. The third-order valence-corrected chi connectivity index (χ3v) is 13.2. The number of rotatable bonds is 8. The number of fused-ring (bicyclic) bond motifs is 6. The van der Waals surface area contributed by atoms with Gasteiger partial charge in [-0.15, -0.1) is 0 Å².